The molecule has 228 valence electrons. The molecule has 42 heavy (non-hydrogen) atoms. The van der Waals surface area contributed by atoms with Gasteiger partial charge < -0.3 is 24.5 Å². The van der Waals surface area contributed by atoms with E-state index < -0.39 is 57.0 Å². The smallest absolute Gasteiger partial charge is 0.412 e. The fraction of sp³-hybridized carbons (Fsp3) is 0.440. The summed E-state index contributed by atoms with van der Waals surface area (Å²) in [5.74, 6) is -1.66. The van der Waals surface area contributed by atoms with Gasteiger partial charge in [-0.25, -0.2) is 24.4 Å². The molecule has 17 heteroatoms. The van der Waals surface area contributed by atoms with Crippen LogP contribution in [0.2, 0.25) is 0 Å². The van der Waals surface area contributed by atoms with Crippen molar-refractivity contribution in [3.05, 3.63) is 60.5 Å². The molecule has 4 atom stereocenters. The second kappa shape index (κ2) is 13.3. The van der Waals surface area contributed by atoms with Crippen LogP contribution in [0.1, 0.15) is 25.6 Å². The lowest BCUT2D eigenvalue weighted by atomic mass is 10.1. The Labute approximate surface area is 237 Å². The highest BCUT2D eigenvalue weighted by molar-refractivity contribution is 7.56. The number of esters is 1. The van der Waals surface area contributed by atoms with Crippen molar-refractivity contribution in [1.29, 1.82) is 0 Å². The van der Waals surface area contributed by atoms with Crippen LogP contribution in [-0.4, -0.2) is 63.6 Å². The summed E-state index contributed by atoms with van der Waals surface area (Å²) in [6.45, 7) is 1.72. The van der Waals surface area contributed by atoms with E-state index in [0.717, 1.165) is 12.4 Å². The number of rotatable bonds is 13. The lowest BCUT2D eigenvalue weighted by Crippen LogP contribution is -2.40. The summed E-state index contributed by atoms with van der Waals surface area (Å²) < 4.78 is 90.0. The predicted octanol–water partition coefficient (Wildman–Crippen LogP) is 4.26. The van der Waals surface area contributed by atoms with Gasteiger partial charge in [0, 0.05) is 6.08 Å². The van der Waals surface area contributed by atoms with Crippen LogP contribution < -0.4 is 10.8 Å². The Balaban J connectivity index is 1.51. The number of imidazole rings is 1. The Bertz CT molecular complexity index is 1450. The van der Waals surface area contributed by atoms with Gasteiger partial charge in [-0.3, -0.25) is 13.9 Å². The number of nitrogens with one attached hydrogen (secondary N) is 1. The van der Waals surface area contributed by atoms with Crippen LogP contribution in [0.4, 0.5) is 23.4 Å². The number of ether oxygens (including phenoxy) is 3. The fourth-order valence-corrected chi connectivity index (χ4v) is 5.44. The van der Waals surface area contributed by atoms with Crippen molar-refractivity contribution in [2.75, 3.05) is 25.3 Å². The second-order valence-corrected chi connectivity index (χ2v) is 11.9. The van der Waals surface area contributed by atoms with Gasteiger partial charge in [-0.15, -0.1) is 0 Å². The maximum Gasteiger partial charge on any atom is 0.412 e. The molecule has 0 bridgehead atoms. The lowest BCUT2D eigenvalue weighted by molar-refractivity contribution is -0.156. The Morgan fingerprint density at radius 2 is 1.95 bits per heavy atom. The Morgan fingerprint density at radius 3 is 2.64 bits per heavy atom. The standard InChI is InChI=1S/C25H29F4N6O6P/c1-15(2)10-38-24(36)18(8-16-6-4-3-5-7-16)34-42(37,40-11-25(27,28)29)14-39-19-9-17(26)23(41-19)35-13-33-20-21(30)31-12-32-22(20)35/h3-7,9,12-13,15,18-19,23H,8,10-11,14H2,1-2H3,(H,34,37)(H2,30,31,32)/t18-,19-,23+,42?/m0/s1. The quantitative estimate of drug-likeness (QED) is 0.161. The number of nitrogens with two attached hydrogens (primary N) is 1. The number of hydrogen-bond donors (Lipinski definition) is 2. The predicted molar refractivity (Wildman–Crippen MR) is 141 cm³/mol. The van der Waals surface area contributed by atoms with E-state index in [1.807, 2.05) is 0 Å². The maximum absolute atomic E-state index is 14.9. The molecule has 1 aromatic carbocycles. The van der Waals surface area contributed by atoms with E-state index in [1.54, 1.807) is 44.2 Å². The van der Waals surface area contributed by atoms with Gasteiger partial charge in [0.2, 0.25) is 0 Å². The Kier molecular flexibility index (Phi) is 9.94. The zero-order valence-corrected chi connectivity index (χ0v) is 23.4. The summed E-state index contributed by atoms with van der Waals surface area (Å²) >= 11 is 0. The minimum Gasteiger partial charge on any atom is -0.464 e. The number of nitrogen functional groups attached to an aromatic ring is 1. The molecular formula is C25H29F4N6O6P. The van der Waals surface area contributed by atoms with Gasteiger partial charge in [-0.05, 0) is 17.9 Å². The molecule has 1 unspecified atom stereocenters. The summed E-state index contributed by atoms with van der Waals surface area (Å²) in [6, 6.07) is 7.15. The number of anilines is 1. The number of carbonyl (C=O) groups is 1. The van der Waals surface area contributed by atoms with Crippen LogP contribution >= 0.6 is 7.52 Å². The van der Waals surface area contributed by atoms with E-state index in [0.29, 0.717) is 5.56 Å². The SMILES string of the molecule is CC(C)COC(=O)[C@H](Cc1ccccc1)NP(=O)(CO[C@@H]1C=C(F)[C@H](n2cnc3c(N)ncnc32)O1)OCC(F)(F)F. The van der Waals surface area contributed by atoms with Crippen LogP contribution in [0.15, 0.2) is 54.9 Å². The first kappa shape index (κ1) is 31.5. The monoisotopic (exact) mass is 616 g/mol. The van der Waals surface area contributed by atoms with Crippen molar-refractivity contribution in [3.8, 4) is 0 Å². The minimum absolute atomic E-state index is 0.0247. The van der Waals surface area contributed by atoms with Crippen LogP contribution in [0.5, 0.6) is 0 Å². The third-order valence-electron chi connectivity index (χ3n) is 5.76. The molecule has 0 saturated heterocycles. The van der Waals surface area contributed by atoms with Gasteiger partial charge in [-0.1, -0.05) is 44.2 Å². The van der Waals surface area contributed by atoms with Crippen molar-refractivity contribution < 1.29 is 45.7 Å². The average molecular weight is 617 g/mol. The Hall–Kier alpha value is -3.43. The first-order valence-corrected chi connectivity index (χ1v) is 14.5. The molecule has 2 aromatic heterocycles. The second-order valence-electron chi connectivity index (χ2n) is 9.74. The molecule has 1 aliphatic heterocycles. The van der Waals surface area contributed by atoms with Crippen molar-refractivity contribution >= 4 is 30.5 Å². The largest absolute Gasteiger partial charge is 0.464 e. The third-order valence-corrected chi connectivity index (χ3v) is 7.50. The topological polar surface area (TPSA) is 153 Å². The lowest BCUT2D eigenvalue weighted by Gasteiger charge is -2.26. The van der Waals surface area contributed by atoms with Gasteiger partial charge in [-0.2, -0.15) is 13.2 Å². The van der Waals surface area contributed by atoms with E-state index in [4.69, 9.17) is 24.5 Å². The first-order chi connectivity index (χ1) is 19.8. The van der Waals surface area contributed by atoms with E-state index >= 15 is 0 Å². The molecule has 4 rings (SSSR count). The molecule has 12 nitrogen and oxygen atoms in total. The third kappa shape index (κ3) is 8.32. The van der Waals surface area contributed by atoms with Crippen molar-refractivity contribution in [1.82, 2.24) is 24.6 Å². The molecule has 3 N–H and O–H groups in total. The molecule has 0 amide bonds. The molecule has 0 fully saturated rings. The van der Waals surface area contributed by atoms with Crippen LogP contribution in [0.3, 0.4) is 0 Å². The van der Waals surface area contributed by atoms with Crippen molar-refractivity contribution in [3.63, 3.8) is 0 Å². The van der Waals surface area contributed by atoms with Gasteiger partial charge in [0.1, 0.15) is 24.2 Å². The highest BCUT2D eigenvalue weighted by Gasteiger charge is 2.39. The van der Waals surface area contributed by atoms with Crippen LogP contribution in [-0.2, 0) is 34.5 Å². The fourth-order valence-electron chi connectivity index (χ4n) is 3.85. The van der Waals surface area contributed by atoms with E-state index in [-0.39, 0.29) is 35.9 Å². The van der Waals surface area contributed by atoms with Crippen LogP contribution in [0.25, 0.3) is 11.2 Å². The normalized spacial score (nSPS) is 19.5. The Morgan fingerprint density at radius 1 is 1.21 bits per heavy atom. The maximum atomic E-state index is 14.9. The molecule has 3 heterocycles. The summed E-state index contributed by atoms with van der Waals surface area (Å²) in [7, 11) is -4.59. The first-order valence-electron chi connectivity index (χ1n) is 12.7. The van der Waals surface area contributed by atoms with Gasteiger partial charge >= 0.3 is 12.1 Å². The van der Waals surface area contributed by atoms with Gasteiger partial charge in [0.25, 0.3) is 7.52 Å². The average Bonchev–Trinajstić information content (AvgIpc) is 3.53. The number of fused-ring (bicyclic) bond motifs is 1. The van der Waals surface area contributed by atoms with Crippen molar-refractivity contribution in [2.24, 2.45) is 5.92 Å². The summed E-state index contributed by atoms with van der Waals surface area (Å²) in [5, 5.41) is 2.40. The van der Waals surface area contributed by atoms with E-state index in [9.17, 15) is 26.9 Å². The van der Waals surface area contributed by atoms with Gasteiger partial charge in [0.15, 0.2) is 36.4 Å². The molecule has 0 aliphatic carbocycles. The molecule has 0 radical (unpaired) electrons. The molecule has 0 saturated carbocycles. The highest BCUT2D eigenvalue weighted by Crippen LogP contribution is 2.46. The number of benzene rings is 1. The zero-order valence-electron chi connectivity index (χ0n) is 22.5. The number of carbonyl (C=O) groups excluding carboxylic acids is 1. The minimum atomic E-state index is -4.85. The number of halogens is 4. The number of alkyl halides is 3. The molecule has 0 spiro atoms. The summed E-state index contributed by atoms with van der Waals surface area (Å²) in [6.07, 6.45) is -5.57. The molecular weight excluding hydrogens is 587 g/mol. The van der Waals surface area contributed by atoms with Crippen molar-refractivity contribution in [2.45, 2.75) is 45.0 Å². The summed E-state index contributed by atoms with van der Waals surface area (Å²) in [4.78, 5) is 24.8. The van der Waals surface area contributed by atoms with Gasteiger partial charge in [0.05, 0.1) is 12.9 Å². The molecule has 1 aliphatic rings. The summed E-state index contributed by atoms with van der Waals surface area (Å²) in [5.41, 5.74) is 6.73. The molecule has 3 aromatic rings. The van der Waals surface area contributed by atoms with Crippen LogP contribution in [0, 0.1) is 5.92 Å². The van der Waals surface area contributed by atoms with E-state index in [2.05, 4.69) is 20.0 Å². The highest BCUT2D eigenvalue weighted by atomic mass is 31.2. The zero-order chi connectivity index (χ0) is 30.5. The number of hydrogen-bond acceptors (Lipinski definition) is 10. The number of aromatic nitrogens is 4. The van der Waals surface area contributed by atoms with E-state index in [1.165, 1.54) is 10.9 Å². The number of nitrogens with zero attached hydrogens (tertiary/aromatic N) is 4.